The molecule has 6 aromatic carbocycles. The van der Waals surface area contributed by atoms with E-state index < -0.39 is 60.4 Å². The molecule has 9 rings (SSSR count). The quantitative estimate of drug-likeness (QED) is 0.143. The molecule has 3 heterocycles. The van der Waals surface area contributed by atoms with Gasteiger partial charge in [0, 0.05) is 52.6 Å². The van der Waals surface area contributed by atoms with Crippen LogP contribution in [-0.4, -0.2) is 21.7 Å². The number of fused-ring (bicyclic) bond motifs is 3. The van der Waals surface area contributed by atoms with E-state index in [4.69, 9.17) is 23.4 Å². The molecular formula is C49H43BN6O. The average Bonchev–Trinajstić information content (AvgIpc) is 3.81. The molecule has 8 aromatic rings. The van der Waals surface area contributed by atoms with Crippen molar-refractivity contribution in [2.24, 2.45) is 0 Å². The molecule has 57 heavy (non-hydrogen) atoms. The van der Waals surface area contributed by atoms with Gasteiger partial charge in [0.05, 0.1) is 36.5 Å². The number of nitrogens with one attached hydrogen (secondary N) is 2. The number of benzene rings is 6. The summed E-state index contributed by atoms with van der Waals surface area (Å²) in [6, 6.07) is 26.3. The summed E-state index contributed by atoms with van der Waals surface area (Å²) in [7, 11) is 0. The fourth-order valence-corrected chi connectivity index (χ4v) is 7.10. The van der Waals surface area contributed by atoms with E-state index in [-0.39, 0.29) is 40.3 Å². The second-order valence-electron chi connectivity index (χ2n) is 14.6. The summed E-state index contributed by atoms with van der Waals surface area (Å²) in [4.78, 5) is 6.98. The van der Waals surface area contributed by atoms with Crippen LogP contribution in [0.3, 0.4) is 0 Å². The Kier molecular flexibility index (Phi) is 6.77. The molecule has 2 N–H and O–H groups in total. The Morgan fingerprint density at radius 1 is 0.649 bits per heavy atom. The summed E-state index contributed by atoms with van der Waals surface area (Å²) in [5.41, 5.74) is 5.83. The molecule has 8 heteroatoms. The van der Waals surface area contributed by atoms with Crippen LogP contribution in [0.2, 0.25) is 6.82 Å². The molecule has 7 nitrogen and oxygen atoms in total. The first kappa shape index (κ1) is 25.9. The van der Waals surface area contributed by atoms with Gasteiger partial charge in [0.1, 0.15) is 17.3 Å². The normalized spacial score (nSPS) is 14.6. The maximum absolute atomic E-state index is 8.86. The predicted molar refractivity (Wildman–Crippen MR) is 237 cm³/mol. The number of ether oxygens (including phenoxy) is 1. The molecule has 0 amide bonds. The van der Waals surface area contributed by atoms with E-state index in [0.29, 0.717) is 28.6 Å². The molecule has 2 aromatic heterocycles. The summed E-state index contributed by atoms with van der Waals surface area (Å²) in [5.74, 6) is 1.92. The van der Waals surface area contributed by atoms with Gasteiger partial charge in [0.2, 0.25) is 0 Å². The average molecular weight is 753 g/mol. The molecule has 0 radical (unpaired) electrons. The summed E-state index contributed by atoms with van der Waals surface area (Å²) < 4.78 is 94.2. The Balaban J connectivity index is 1.09. The first-order valence-corrected chi connectivity index (χ1v) is 18.6. The highest BCUT2D eigenvalue weighted by molar-refractivity contribution is 6.63. The molecular weight excluding hydrogens is 699 g/mol. The van der Waals surface area contributed by atoms with E-state index in [1.807, 2.05) is 77.5 Å². The molecule has 0 atom stereocenters. The van der Waals surface area contributed by atoms with E-state index in [1.54, 1.807) is 36.5 Å². The van der Waals surface area contributed by atoms with Gasteiger partial charge in [-0.25, -0.2) is 4.98 Å². The zero-order chi connectivity index (χ0) is 47.6. The van der Waals surface area contributed by atoms with Crippen molar-refractivity contribution in [3.63, 3.8) is 0 Å². The van der Waals surface area contributed by atoms with E-state index >= 15 is 0 Å². The molecule has 0 aliphatic carbocycles. The number of anilines is 6. The highest BCUT2D eigenvalue weighted by atomic mass is 16.5. The molecule has 278 valence electrons. The van der Waals surface area contributed by atoms with E-state index in [2.05, 4.69) is 54.2 Å². The van der Waals surface area contributed by atoms with Gasteiger partial charge in [-0.3, -0.25) is 4.59 Å². The highest BCUT2D eigenvalue weighted by Crippen LogP contribution is 2.44. The van der Waals surface area contributed by atoms with Crippen LogP contribution in [0.25, 0.3) is 33.5 Å². The summed E-state index contributed by atoms with van der Waals surface area (Å²) >= 11 is 0. The van der Waals surface area contributed by atoms with Gasteiger partial charge in [-0.1, -0.05) is 118 Å². The molecule has 1 aliphatic rings. The van der Waals surface area contributed by atoms with E-state index in [0.717, 1.165) is 28.3 Å². The summed E-state index contributed by atoms with van der Waals surface area (Å²) in [6.07, 6.45) is 3.64. The van der Waals surface area contributed by atoms with Crippen molar-refractivity contribution in [2.45, 2.75) is 33.0 Å². The van der Waals surface area contributed by atoms with Crippen molar-refractivity contribution >= 4 is 41.2 Å². The predicted octanol–water partition coefficient (Wildman–Crippen LogP) is 13.0. The van der Waals surface area contributed by atoms with Crippen molar-refractivity contribution in [2.75, 3.05) is 15.4 Å². The lowest BCUT2D eigenvalue weighted by Crippen LogP contribution is -2.44. The van der Waals surface area contributed by atoms with Crippen molar-refractivity contribution in [1.29, 1.82) is 0 Å². The van der Waals surface area contributed by atoms with Crippen LogP contribution < -0.4 is 20.2 Å². The third-order valence-electron chi connectivity index (χ3n) is 9.90. The minimum absolute atomic E-state index is 0.0906. The van der Waals surface area contributed by atoms with Gasteiger partial charge >= 0.3 is 6.98 Å². The lowest BCUT2D eigenvalue weighted by molar-refractivity contribution is 0.483. The standard InChI is InChI=1S/C49H43BN6O/c1-49(2,3)36-27-29-51-47(31-36)55-46-33-39(25-26-42(46)45-28-30-52-56(45)50(55)4)57-38-20-13-19-37(32-38)53-43-23-11-12-24-44(43)54-48-40(34-15-7-5-8-16-34)21-14-22-41(48)35-17-9-6-10-18-35/h5-33,53-54H,1-4H3/i5D,6D,7D,8D,9D,10D,15D,16D,17D,18D. The van der Waals surface area contributed by atoms with Crippen molar-refractivity contribution in [3.05, 3.63) is 182 Å². The smallest absolute Gasteiger partial charge is 0.401 e. The third kappa shape index (κ3) is 7.14. The number of rotatable bonds is 9. The van der Waals surface area contributed by atoms with Gasteiger partial charge in [-0.2, -0.15) is 5.10 Å². The van der Waals surface area contributed by atoms with E-state index in [9.17, 15) is 0 Å². The second-order valence-corrected chi connectivity index (χ2v) is 14.6. The second kappa shape index (κ2) is 14.9. The van der Waals surface area contributed by atoms with Crippen LogP contribution in [-0.2, 0) is 5.41 Å². The Bertz CT molecular complexity index is 3140. The fourth-order valence-electron chi connectivity index (χ4n) is 7.10. The maximum Gasteiger partial charge on any atom is 0.401 e. The van der Waals surface area contributed by atoms with Crippen molar-refractivity contribution < 1.29 is 18.4 Å². The molecule has 0 saturated heterocycles. The van der Waals surface area contributed by atoms with Gasteiger partial charge in [-0.15, -0.1) is 0 Å². The number of hydrogen-bond donors (Lipinski definition) is 2. The monoisotopic (exact) mass is 752 g/mol. The molecule has 0 spiro atoms. The lowest BCUT2D eigenvalue weighted by Gasteiger charge is -2.35. The fraction of sp³-hybridized carbons (Fsp3) is 0.102. The van der Waals surface area contributed by atoms with Gasteiger partial charge in [-0.05, 0) is 83.5 Å². The third-order valence-corrected chi connectivity index (χ3v) is 9.90. The van der Waals surface area contributed by atoms with Gasteiger partial charge < -0.3 is 20.2 Å². The topological polar surface area (TPSA) is 67.2 Å². The lowest BCUT2D eigenvalue weighted by atomic mass is 9.73. The Hall–Kier alpha value is -7.06. The Morgan fingerprint density at radius 3 is 2.02 bits per heavy atom. The van der Waals surface area contributed by atoms with Crippen LogP contribution >= 0.6 is 0 Å². The van der Waals surface area contributed by atoms with Crippen LogP contribution in [0.15, 0.2) is 176 Å². The number of pyridine rings is 1. The van der Waals surface area contributed by atoms with Crippen LogP contribution in [0.1, 0.15) is 40.0 Å². The zero-order valence-electron chi connectivity index (χ0n) is 41.7. The van der Waals surface area contributed by atoms with Crippen LogP contribution in [0, 0.1) is 0 Å². The van der Waals surface area contributed by atoms with E-state index in [1.165, 1.54) is 0 Å². The summed E-state index contributed by atoms with van der Waals surface area (Å²) in [5, 5.41) is 11.5. The molecule has 0 fully saturated rings. The largest absolute Gasteiger partial charge is 0.457 e. The zero-order valence-corrected chi connectivity index (χ0v) is 31.7. The van der Waals surface area contributed by atoms with Crippen LogP contribution in [0.5, 0.6) is 11.5 Å². The molecule has 1 aliphatic heterocycles. The number of aromatic nitrogens is 3. The molecule has 0 unspecified atom stereocenters. The molecule has 0 saturated carbocycles. The Labute approximate surface area is 348 Å². The van der Waals surface area contributed by atoms with Gasteiger partial charge in [0.25, 0.3) is 0 Å². The highest BCUT2D eigenvalue weighted by Gasteiger charge is 2.35. The number of nitrogens with zero attached hydrogens (tertiary/aromatic N) is 4. The SMILES string of the molecule is [2H]c1c([2H])c([2H])c(-c2cccc(-c3c([2H])c([2H])c([2H])c([2H])c3[2H])c2Nc2ccccc2Nc2cccc(Oc3ccc4c(c3)N(c3cc(C(C)(C)C)ccn3)B(C)n3nccc3-4)c2)c([2H])c1[2H]. The van der Waals surface area contributed by atoms with Gasteiger partial charge in [0.15, 0.2) is 0 Å². The first-order chi connectivity index (χ1) is 31.9. The Morgan fingerprint density at radius 2 is 1.32 bits per heavy atom. The van der Waals surface area contributed by atoms with Crippen molar-refractivity contribution in [1.82, 2.24) is 14.7 Å². The number of hydrogen-bond acceptors (Lipinski definition) is 6. The minimum atomic E-state index is -0.564. The van der Waals surface area contributed by atoms with Crippen molar-refractivity contribution in [3.8, 4) is 45.0 Å². The first-order valence-electron chi connectivity index (χ1n) is 23.6. The maximum atomic E-state index is 8.86. The number of para-hydroxylation sites is 3. The van der Waals surface area contributed by atoms with Crippen LogP contribution in [0.4, 0.5) is 34.3 Å². The summed E-state index contributed by atoms with van der Waals surface area (Å²) in [6.45, 7) is 8.42. The minimum Gasteiger partial charge on any atom is -0.457 e. The molecule has 0 bridgehead atoms.